The second-order valence-corrected chi connectivity index (χ2v) is 4.41. The minimum absolute atomic E-state index is 0.565. The largest absolute Gasteiger partial charge is 0.423 e. The van der Waals surface area contributed by atoms with Gasteiger partial charge in [-0.25, -0.2) is 0 Å². The van der Waals surface area contributed by atoms with E-state index in [2.05, 4.69) is 41.5 Å². The van der Waals surface area contributed by atoms with Crippen LogP contribution in [0.1, 0.15) is 31.7 Å². The standard InChI is InChI=1S/C14H19N3O/c1-3-4-5-8-15-13-7-6-12(9-11(13)2)14-17-16-10-18-14/h6-7,9-10,15H,3-5,8H2,1-2H3. The van der Waals surface area contributed by atoms with Gasteiger partial charge in [0.25, 0.3) is 0 Å². The van der Waals surface area contributed by atoms with Crippen LogP contribution in [-0.4, -0.2) is 16.7 Å². The lowest BCUT2D eigenvalue weighted by Gasteiger charge is -2.09. The van der Waals surface area contributed by atoms with Gasteiger partial charge in [-0.1, -0.05) is 19.8 Å². The van der Waals surface area contributed by atoms with Crippen LogP contribution >= 0.6 is 0 Å². The summed E-state index contributed by atoms with van der Waals surface area (Å²) in [6.07, 6.45) is 5.08. The van der Waals surface area contributed by atoms with Gasteiger partial charge in [0.05, 0.1) is 0 Å². The molecule has 0 fully saturated rings. The van der Waals surface area contributed by atoms with E-state index >= 15 is 0 Å². The van der Waals surface area contributed by atoms with Gasteiger partial charge < -0.3 is 9.73 Å². The topological polar surface area (TPSA) is 51.0 Å². The zero-order valence-electron chi connectivity index (χ0n) is 10.9. The third-order valence-corrected chi connectivity index (χ3v) is 2.93. The molecule has 0 aliphatic heterocycles. The number of aryl methyl sites for hydroxylation is 1. The van der Waals surface area contributed by atoms with Crippen molar-refractivity contribution in [2.75, 3.05) is 11.9 Å². The molecule has 4 heteroatoms. The maximum atomic E-state index is 5.18. The van der Waals surface area contributed by atoms with Crippen LogP contribution in [0.5, 0.6) is 0 Å². The number of unbranched alkanes of at least 4 members (excludes halogenated alkanes) is 2. The van der Waals surface area contributed by atoms with E-state index in [1.807, 2.05) is 6.07 Å². The Morgan fingerprint density at radius 3 is 2.83 bits per heavy atom. The molecule has 18 heavy (non-hydrogen) atoms. The highest BCUT2D eigenvalue weighted by atomic mass is 16.4. The normalized spacial score (nSPS) is 10.6. The molecule has 0 aliphatic carbocycles. The monoisotopic (exact) mass is 245 g/mol. The Kier molecular flexibility index (Phi) is 4.34. The van der Waals surface area contributed by atoms with Crippen LogP contribution in [0, 0.1) is 6.92 Å². The second-order valence-electron chi connectivity index (χ2n) is 4.41. The summed E-state index contributed by atoms with van der Waals surface area (Å²) in [6, 6.07) is 6.14. The van der Waals surface area contributed by atoms with Crippen LogP contribution in [0.2, 0.25) is 0 Å². The van der Waals surface area contributed by atoms with Crippen molar-refractivity contribution in [3.63, 3.8) is 0 Å². The van der Waals surface area contributed by atoms with Crippen molar-refractivity contribution in [1.29, 1.82) is 0 Å². The summed E-state index contributed by atoms with van der Waals surface area (Å²) in [5.41, 5.74) is 3.33. The van der Waals surface area contributed by atoms with Crippen molar-refractivity contribution in [2.24, 2.45) is 0 Å². The third kappa shape index (κ3) is 3.09. The SMILES string of the molecule is CCCCCNc1ccc(-c2nnco2)cc1C. The Morgan fingerprint density at radius 2 is 2.17 bits per heavy atom. The lowest BCUT2D eigenvalue weighted by molar-refractivity contribution is 0.568. The van der Waals surface area contributed by atoms with Crippen LogP contribution in [-0.2, 0) is 0 Å². The smallest absolute Gasteiger partial charge is 0.247 e. The first kappa shape index (κ1) is 12.6. The number of hydrogen-bond donors (Lipinski definition) is 1. The molecule has 0 unspecified atom stereocenters. The Bertz CT molecular complexity index is 480. The number of rotatable bonds is 6. The molecule has 0 saturated heterocycles. The minimum atomic E-state index is 0.565. The van der Waals surface area contributed by atoms with E-state index in [1.165, 1.54) is 36.9 Å². The van der Waals surface area contributed by atoms with Gasteiger partial charge >= 0.3 is 0 Å². The fraction of sp³-hybridized carbons (Fsp3) is 0.429. The lowest BCUT2D eigenvalue weighted by Crippen LogP contribution is -2.02. The lowest BCUT2D eigenvalue weighted by atomic mass is 10.1. The third-order valence-electron chi connectivity index (χ3n) is 2.93. The van der Waals surface area contributed by atoms with Gasteiger partial charge in [0, 0.05) is 17.8 Å². The van der Waals surface area contributed by atoms with E-state index in [1.54, 1.807) is 0 Å². The zero-order valence-corrected chi connectivity index (χ0v) is 10.9. The summed E-state index contributed by atoms with van der Waals surface area (Å²) in [5, 5.41) is 11.0. The van der Waals surface area contributed by atoms with Gasteiger partial charge in [0.2, 0.25) is 12.3 Å². The van der Waals surface area contributed by atoms with Crippen molar-refractivity contribution in [2.45, 2.75) is 33.1 Å². The van der Waals surface area contributed by atoms with E-state index in [-0.39, 0.29) is 0 Å². The van der Waals surface area contributed by atoms with E-state index in [0.717, 1.165) is 12.1 Å². The molecule has 0 atom stereocenters. The quantitative estimate of drug-likeness (QED) is 0.789. The summed E-state index contributed by atoms with van der Waals surface area (Å²) in [5.74, 6) is 0.565. The zero-order chi connectivity index (χ0) is 12.8. The Hall–Kier alpha value is -1.84. The molecule has 4 nitrogen and oxygen atoms in total. The van der Waals surface area contributed by atoms with Gasteiger partial charge in [-0.05, 0) is 37.1 Å². The fourth-order valence-corrected chi connectivity index (χ4v) is 1.89. The highest BCUT2D eigenvalue weighted by Crippen LogP contribution is 2.23. The first-order valence-electron chi connectivity index (χ1n) is 6.42. The molecule has 0 amide bonds. The summed E-state index contributed by atoms with van der Waals surface area (Å²) in [4.78, 5) is 0. The minimum Gasteiger partial charge on any atom is -0.423 e. The molecular weight excluding hydrogens is 226 g/mol. The van der Waals surface area contributed by atoms with Gasteiger partial charge in [0.1, 0.15) is 0 Å². The average molecular weight is 245 g/mol. The Morgan fingerprint density at radius 1 is 1.28 bits per heavy atom. The number of hydrogen-bond acceptors (Lipinski definition) is 4. The molecule has 96 valence electrons. The summed E-state index contributed by atoms with van der Waals surface area (Å²) < 4.78 is 5.18. The van der Waals surface area contributed by atoms with Crippen molar-refractivity contribution in [3.8, 4) is 11.5 Å². The Balaban J connectivity index is 2.01. The molecule has 1 aromatic heterocycles. The van der Waals surface area contributed by atoms with Crippen molar-refractivity contribution < 1.29 is 4.42 Å². The van der Waals surface area contributed by atoms with Crippen LogP contribution < -0.4 is 5.32 Å². The molecule has 2 aromatic rings. The summed E-state index contributed by atoms with van der Waals surface area (Å²) >= 11 is 0. The molecule has 0 radical (unpaired) electrons. The highest BCUT2D eigenvalue weighted by Gasteiger charge is 2.05. The average Bonchev–Trinajstić information content (AvgIpc) is 2.90. The maximum Gasteiger partial charge on any atom is 0.247 e. The van der Waals surface area contributed by atoms with Crippen LogP contribution in [0.25, 0.3) is 11.5 Å². The first-order valence-corrected chi connectivity index (χ1v) is 6.42. The van der Waals surface area contributed by atoms with Gasteiger partial charge in [-0.15, -0.1) is 10.2 Å². The van der Waals surface area contributed by atoms with Crippen molar-refractivity contribution in [1.82, 2.24) is 10.2 Å². The maximum absolute atomic E-state index is 5.18. The second kappa shape index (κ2) is 6.19. The van der Waals surface area contributed by atoms with Crippen molar-refractivity contribution >= 4 is 5.69 Å². The molecule has 2 rings (SSSR count). The number of benzene rings is 1. The molecule has 0 saturated carbocycles. The van der Waals surface area contributed by atoms with Crippen LogP contribution in [0.15, 0.2) is 29.0 Å². The summed E-state index contributed by atoms with van der Waals surface area (Å²) in [7, 11) is 0. The number of anilines is 1. The number of aromatic nitrogens is 2. The highest BCUT2D eigenvalue weighted by molar-refractivity contribution is 5.62. The van der Waals surface area contributed by atoms with Gasteiger partial charge in [-0.2, -0.15) is 0 Å². The number of nitrogens with one attached hydrogen (secondary N) is 1. The van der Waals surface area contributed by atoms with Crippen molar-refractivity contribution in [3.05, 3.63) is 30.2 Å². The van der Waals surface area contributed by atoms with E-state index in [0.29, 0.717) is 5.89 Å². The molecule has 0 bridgehead atoms. The van der Waals surface area contributed by atoms with E-state index in [9.17, 15) is 0 Å². The molecule has 0 spiro atoms. The van der Waals surface area contributed by atoms with E-state index < -0.39 is 0 Å². The molecule has 0 aliphatic rings. The van der Waals surface area contributed by atoms with Crippen LogP contribution in [0.3, 0.4) is 0 Å². The van der Waals surface area contributed by atoms with Crippen LogP contribution in [0.4, 0.5) is 5.69 Å². The Labute approximate surface area is 107 Å². The molecule has 1 heterocycles. The molecule has 1 N–H and O–H groups in total. The predicted octanol–water partition coefficient (Wildman–Crippen LogP) is 3.65. The van der Waals surface area contributed by atoms with Gasteiger partial charge in [-0.3, -0.25) is 0 Å². The molecular formula is C14H19N3O. The van der Waals surface area contributed by atoms with E-state index in [4.69, 9.17) is 4.42 Å². The number of nitrogens with zero attached hydrogens (tertiary/aromatic N) is 2. The predicted molar refractivity (Wildman–Crippen MR) is 72.5 cm³/mol. The first-order chi connectivity index (χ1) is 8.81. The fourth-order valence-electron chi connectivity index (χ4n) is 1.89. The van der Waals surface area contributed by atoms with Gasteiger partial charge in [0.15, 0.2) is 0 Å². The summed E-state index contributed by atoms with van der Waals surface area (Å²) in [6.45, 7) is 5.32. The molecule has 1 aromatic carbocycles.